The molecule has 0 saturated heterocycles. The van der Waals surface area contributed by atoms with Crippen molar-refractivity contribution in [3.8, 4) is 11.8 Å². The monoisotopic (exact) mass is 572 g/mol. The molecule has 3 aromatic carbocycles. The number of ether oxygens (including phenoxy) is 1. The summed E-state index contributed by atoms with van der Waals surface area (Å²) in [5.74, 6) is 0.192. The van der Waals surface area contributed by atoms with Gasteiger partial charge in [-0.25, -0.2) is 0 Å². The number of nitriles is 1. The van der Waals surface area contributed by atoms with E-state index in [1.165, 1.54) is 0 Å². The fourth-order valence-electron chi connectivity index (χ4n) is 2.95. The molecule has 0 saturated carbocycles. The third-order valence-electron chi connectivity index (χ3n) is 4.64. The Morgan fingerprint density at radius 2 is 1.75 bits per heavy atom. The fourth-order valence-corrected chi connectivity index (χ4v) is 4.53. The summed E-state index contributed by atoms with van der Waals surface area (Å²) in [5.41, 5.74) is 2.64. The van der Waals surface area contributed by atoms with Crippen molar-refractivity contribution in [2.24, 2.45) is 0 Å². The zero-order valence-corrected chi connectivity index (χ0v) is 21.0. The van der Waals surface area contributed by atoms with Gasteiger partial charge in [-0.3, -0.25) is 4.79 Å². The Hall–Kier alpha value is -2.59. The Morgan fingerprint density at radius 1 is 1.12 bits per heavy atom. The molecule has 3 aromatic rings. The predicted octanol–water partition coefficient (Wildman–Crippen LogP) is 7.23. The van der Waals surface area contributed by atoms with Gasteiger partial charge >= 0.3 is 0 Å². The molecule has 1 atom stereocenters. The SMILES string of the molecule is C[C@H](NC(=O)/C(C#N)=C\c1cc(Br)c(OCc2ccc(Cl)cc2)c(Br)c1)c1ccccc1. The molecule has 3 rings (SSSR count). The summed E-state index contributed by atoms with van der Waals surface area (Å²) in [7, 11) is 0. The summed E-state index contributed by atoms with van der Waals surface area (Å²) in [6.45, 7) is 2.25. The largest absolute Gasteiger partial charge is 0.487 e. The van der Waals surface area contributed by atoms with Gasteiger partial charge in [-0.1, -0.05) is 54.1 Å². The van der Waals surface area contributed by atoms with Crippen LogP contribution in [0.25, 0.3) is 6.08 Å². The molecule has 32 heavy (non-hydrogen) atoms. The highest BCUT2D eigenvalue weighted by atomic mass is 79.9. The zero-order chi connectivity index (χ0) is 23.1. The summed E-state index contributed by atoms with van der Waals surface area (Å²) >= 11 is 12.9. The number of hydrogen-bond acceptors (Lipinski definition) is 3. The smallest absolute Gasteiger partial charge is 0.262 e. The topological polar surface area (TPSA) is 62.1 Å². The van der Waals surface area contributed by atoms with E-state index in [9.17, 15) is 10.1 Å². The van der Waals surface area contributed by atoms with Crippen LogP contribution in [-0.4, -0.2) is 5.91 Å². The minimum absolute atomic E-state index is 0.0152. The fraction of sp³-hybridized carbons (Fsp3) is 0.120. The molecule has 0 aliphatic rings. The quantitative estimate of drug-likeness (QED) is 0.239. The highest BCUT2D eigenvalue weighted by molar-refractivity contribution is 9.11. The number of amides is 1. The number of nitrogens with zero attached hydrogens (tertiary/aromatic N) is 1. The van der Waals surface area contributed by atoms with Crippen molar-refractivity contribution in [1.29, 1.82) is 5.26 Å². The Bertz CT molecular complexity index is 1150. The summed E-state index contributed by atoms with van der Waals surface area (Å²) < 4.78 is 7.32. The summed E-state index contributed by atoms with van der Waals surface area (Å²) in [6, 6.07) is 22.4. The maximum atomic E-state index is 12.6. The van der Waals surface area contributed by atoms with Crippen molar-refractivity contribution in [3.63, 3.8) is 0 Å². The summed E-state index contributed by atoms with van der Waals surface area (Å²) in [6.07, 6.45) is 1.55. The minimum Gasteiger partial charge on any atom is -0.487 e. The van der Waals surface area contributed by atoms with Crippen LogP contribution in [0, 0.1) is 11.3 Å². The first kappa shape index (κ1) is 24.1. The van der Waals surface area contributed by atoms with Crippen LogP contribution in [0.3, 0.4) is 0 Å². The van der Waals surface area contributed by atoms with Crippen molar-refractivity contribution in [3.05, 3.63) is 103 Å². The Balaban J connectivity index is 1.74. The van der Waals surface area contributed by atoms with Crippen molar-refractivity contribution in [2.45, 2.75) is 19.6 Å². The molecular formula is C25H19Br2ClN2O2. The van der Waals surface area contributed by atoms with E-state index in [0.29, 0.717) is 31.9 Å². The van der Waals surface area contributed by atoms with Crippen molar-refractivity contribution >= 4 is 55.4 Å². The first-order chi connectivity index (χ1) is 15.4. The van der Waals surface area contributed by atoms with E-state index in [1.54, 1.807) is 18.2 Å². The molecule has 0 aromatic heterocycles. The van der Waals surface area contributed by atoms with E-state index < -0.39 is 5.91 Å². The van der Waals surface area contributed by atoms with Crippen LogP contribution >= 0.6 is 43.5 Å². The normalized spacial score (nSPS) is 12.0. The molecule has 1 N–H and O–H groups in total. The highest BCUT2D eigenvalue weighted by Gasteiger charge is 2.15. The van der Waals surface area contributed by atoms with Crippen LogP contribution in [0.1, 0.15) is 29.7 Å². The Morgan fingerprint density at radius 3 is 2.34 bits per heavy atom. The first-order valence-corrected chi connectivity index (χ1v) is 11.7. The molecule has 0 heterocycles. The molecule has 0 bridgehead atoms. The van der Waals surface area contributed by atoms with E-state index in [-0.39, 0.29) is 11.6 Å². The predicted molar refractivity (Wildman–Crippen MR) is 134 cm³/mol. The molecule has 0 fully saturated rings. The standard InChI is InChI=1S/C25H19Br2ClN2O2/c1-16(19-5-3-2-4-6-19)30-25(31)20(14-29)11-18-12-22(26)24(23(27)13-18)32-15-17-7-9-21(28)10-8-17/h2-13,16H,15H2,1H3,(H,30,31)/b20-11-/t16-/m0/s1. The molecule has 0 aliphatic heterocycles. The van der Waals surface area contributed by atoms with Gasteiger partial charge in [-0.05, 0) is 85.8 Å². The maximum Gasteiger partial charge on any atom is 0.262 e. The van der Waals surface area contributed by atoms with E-state index >= 15 is 0 Å². The Labute approximate surface area is 209 Å². The van der Waals surface area contributed by atoms with Gasteiger partial charge < -0.3 is 10.1 Å². The van der Waals surface area contributed by atoms with Crippen molar-refractivity contribution in [1.82, 2.24) is 5.32 Å². The van der Waals surface area contributed by atoms with Gasteiger partial charge in [0.2, 0.25) is 0 Å². The molecule has 0 radical (unpaired) electrons. The third kappa shape index (κ3) is 6.46. The number of nitrogens with one attached hydrogen (secondary N) is 1. The van der Waals surface area contributed by atoms with E-state index in [1.807, 2.05) is 67.6 Å². The second kappa shape index (κ2) is 11.3. The second-order valence-corrected chi connectivity index (χ2v) is 9.15. The van der Waals surface area contributed by atoms with Gasteiger partial charge in [0.25, 0.3) is 5.91 Å². The molecule has 1 amide bonds. The van der Waals surface area contributed by atoms with Gasteiger partial charge in [-0.15, -0.1) is 0 Å². The number of halogens is 3. The summed E-state index contributed by atoms with van der Waals surface area (Å²) in [5, 5.41) is 13.1. The second-order valence-electron chi connectivity index (χ2n) is 7.00. The third-order valence-corrected chi connectivity index (χ3v) is 6.07. The van der Waals surface area contributed by atoms with Gasteiger partial charge in [0.05, 0.1) is 15.0 Å². The lowest BCUT2D eigenvalue weighted by molar-refractivity contribution is -0.117. The number of rotatable bonds is 7. The molecule has 4 nitrogen and oxygen atoms in total. The van der Waals surface area contributed by atoms with E-state index in [0.717, 1.165) is 11.1 Å². The van der Waals surface area contributed by atoms with Gasteiger partial charge in [0.1, 0.15) is 24.0 Å². The first-order valence-electron chi connectivity index (χ1n) is 9.71. The van der Waals surface area contributed by atoms with Crippen molar-refractivity contribution in [2.75, 3.05) is 0 Å². The van der Waals surface area contributed by atoms with Crippen LogP contribution in [-0.2, 0) is 11.4 Å². The Kier molecular flexibility index (Phi) is 8.52. The van der Waals surface area contributed by atoms with Crippen LogP contribution in [0.5, 0.6) is 5.75 Å². The van der Waals surface area contributed by atoms with Crippen molar-refractivity contribution < 1.29 is 9.53 Å². The van der Waals surface area contributed by atoms with Gasteiger partial charge in [-0.2, -0.15) is 5.26 Å². The number of carbonyl (C=O) groups is 1. The number of carbonyl (C=O) groups excluding carboxylic acids is 1. The van der Waals surface area contributed by atoms with Crippen LogP contribution in [0.15, 0.2) is 81.2 Å². The van der Waals surface area contributed by atoms with Crippen LogP contribution in [0.4, 0.5) is 0 Å². The van der Waals surface area contributed by atoms with Crippen LogP contribution in [0.2, 0.25) is 5.02 Å². The van der Waals surface area contributed by atoms with Gasteiger partial charge in [0, 0.05) is 5.02 Å². The molecule has 0 unspecified atom stereocenters. The van der Waals surface area contributed by atoms with Gasteiger partial charge in [0.15, 0.2) is 0 Å². The average Bonchev–Trinajstić information content (AvgIpc) is 2.78. The summed E-state index contributed by atoms with van der Waals surface area (Å²) in [4.78, 5) is 12.6. The molecule has 0 aliphatic carbocycles. The molecular weight excluding hydrogens is 556 g/mol. The highest BCUT2D eigenvalue weighted by Crippen LogP contribution is 2.36. The minimum atomic E-state index is -0.431. The molecule has 7 heteroatoms. The lowest BCUT2D eigenvalue weighted by Gasteiger charge is -2.14. The molecule has 162 valence electrons. The lowest BCUT2D eigenvalue weighted by atomic mass is 10.1. The number of hydrogen-bond donors (Lipinski definition) is 1. The average molecular weight is 575 g/mol. The lowest BCUT2D eigenvalue weighted by Crippen LogP contribution is -2.27. The number of benzene rings is 3. The van der Waals surface area contributed by atoms with E-state index in [2.05, 4.69) is 37.2 Å². The maximum absolute atomic E-state index is 12.6. The van der Waals surface area contributed by atoms with Crippen LogP contribution < -0.4 is 10.1 Å². The zero-order valence-electron chi connectivity index (χ0n) is 17.1. The molecule has 0 spiro atoms. The van der Waals surface area contributed by atoms with E-state index in [4.69, 9.17) is 16.3 Å².